The standard InChI is InChI=1S/C14H19NO3/c1-2-7-15(10-14(16)17)9-12-8-11-5-3-4-6-13(11)18-12/h3-6,12H,2,7-10H2,1H3,(H,16,17). The molecular weight excluding hydrogens is 230 g/mol. The second kappa shape index (κ2) is 5.87. The average Bonchev–Trinajstić information content (AvgIpc) is 2.70. The van der Waals surface area contributed by atoms with Crippen molar-refractivity contribution in [1.82, 2.24) is 4.90 Å². The lowest BCUT2D eigenvalue weighted by atomic mass is 10.1. The van der Waals surface area contributed by atoms with Crippen molar-refractivity contribution < 1.29 is 14.6 Å². The van der Waals surface area contributed by atoms with Crippen LogP contribution in [-0.4, -0.2) is 41.7 Å². The number of hydrogen-bond acceptors (Lipinski definition) is 3. The first-order valence-electron chi connectivity index (χ1n) is 6.37. The Morgan fingerprint density at radius 3 is 2.94 bits per heavy atom. The van der Waals surface area contributed by atoms with Crippen molar-refractivity contribution in [2.24, 2.45) is 0 Å². The first-order chi connectivity index (χ1) is 8.69. The maximum Gasteiger partial charge on any atom is 0.317 e. The zero-order valence-corrected chi connectivity index (χ0v) is 10.6. The third-order valence-corrected chi connectivity index (χ3v) is 3.07. The van der Waals surface area contributed by atoms with E-state index in [1.54, 1.807) is 0 Å². The Bertz CT molecular complexity index is 394. The summed E-state index contributed by atoms with van der Waals surface area (Å²) in [4.78, 5) is 12.7. The predicted octanol–water partition coefficient (Wildman–Crippen LogP) is 1.79. The van der Waals surface area contributed by atoms with Crippen LogP contribution in [0.4, 0.5) is 0 Å². The van der Waals surface area contributed by atoms with Gasteiger partial charge < -0.3 is 9.84 Å². The average molecular weight is 249 g/mol. The van der Waals surface area contributed by atoms with E-state index in [-0.39, 0.29) is 12.6 Å². The fourth-order valence-corrected chi connectivity index (χ4v) is 2.39. The number of rotatable bonds is 6. The largest absolute Gasteiger partial charge is 0.488 e. The molecule has 4 heteroatoms. The molecule has 1 N–H and O–H groups in total. The molecule has 0 aromatic heterocycles. The summed E-state index contributed by atoms with van der Waals surface area (Å²) in [5, 5.41) is 8.88. The fraction of sp³-hybridized carbons (Fsp3) is 0.500. The van der Waals surface area contributed by atoms with Gasteiger partial charge in [-0.25, -0.2) is 0 Å². The van der Waals surface area contributed by atoms with Crippen molar-refractivity contribution in [2.75, 3.05) is 19.6 Å². The summed E-state index contributed by atoms with van der Waals surface area (Å²) in [7, 11) is 0. The Kier molecular flexibility index (Phi) is 4.20. The molecule has 1 atom stereocenters. The third-order valence-electron chi connectivity index (χ3n) is 3.07. The molecule has 0 fully saturated rings. The summed E-state index contributed by atoms with van der Waals surface area (Å²) in [6.07, 6.45) is 1.90. The van der Waals surface area contributed by atoms with Crippen molar-refractivity contribution in [1.29, 1.82) is 0 Å². The van der Waals surface area contributed by atoms with Crippen molar-refractivity contribution >= 4 is 5.97 Å². The van der Waals surface area contributed by atoms with Crippen LogP contribution in [0.2, 0.25) is 0 Å². The number of hydrogen-bond donors (Lipinski definition) is 1. The van der Waals surface area contributed by atoms with Crippen LogP contribution in [0.25, 0.3) is 0 Å². The molecule has 0 aliphatic carbocycles. The van der Waals surface area contributed by atoms with Gasteiger partial charge in [-0.1, -0.05) is 25.1 Å². The van der Waals surface area contributed by atoms with Gasteiger partial charge in [0, 0.05) is 13.0 Å². The Morgan fingerprint density at radius 1 is 1.50 bits per heavy atom. The normalized spacial score (nSPS) is 17.6. The monoisotopic (exact) mass is 249 g/mol. The molecule has 1 aromatic carbocycles. The maximum absolute atomic E-state index is 10.8. The Morgan fingerprint density at radius 2 is 2.28 bits per heavy atom. The van der Waals surface area contributed by atoms with Crippen molar-refractivity contribution in [3.63, 3.8) is 0 Å². The van der Waals surface area contributed by atoms with Crippen LogP contribution in [0.5, 0.6) is 5.75 Å². The number of para-hydroxylation sites is 1. The highest BCUT2D eigenvalue weighted by Gasteiger charge is 2.24. The smallest absolute Gasteiger partial charge is 0.317 e. The summed E-state index contributed by atoms with van der Waals surface area (Å²) < 4.78 is 5.83. The summed E-state index contributed by atoms with van der Waals surface area (Å²) >= 11 is 0. The van der Waals surface area contributed by atoms with E-state index >= 15 is 0 Å². The number of fused-ring (bicyclic) bond motifs is 1. The lowest BCUT2D eigenvalue weighted by Crippen LogP contribution is -2.38. The number of carbonyl (C=O) groups is 1. The van der Waals surface area contributed by atoms with Crippen molar-refractivity contribution in [3.8, 4) is 5.75 Å². The topological polar surface area (TPSA) is 49.8 Å². The lowest BCUT2D eigenvalue weighted by Gasteiger charge is -2.22. The minimum absolute atomic E-state index is 0.0771. The van der Waals surface area contributed by atoms with E-state index < -0.39 is 5.97 Å². The van der Waals surface area contributed by atoms with Gasteiger partial charge in [0.1, 0.15) is 11.9 Å². The molecule has 1 aliphatic rings. The van der Waals surface area contributed by atoms with E-state index in [4.69, 9.17) is 9.84 Å². The molecule has 1 heterocycles. The van der Waals surface area contributed by atoms with Gasteiger partial charge >= 0.3 is 5.97 Å². The maximum atomic E-state index is 10.8. The van der Waals surface area contributed by atoms with Gasteiger partial charge in [0.25, 0.3) is 0 Å². The molecule has 1 aliphatic heterocycles. The van der Waals surface area contributed by atoms with Gasteiger partial charge in [-0.15, -0.1) is 0 Å². The molecule has 1 aromatic rings. The zero-order chi connectivity index (χ0) is 13.0. The van der Waals surface area contributed by atoms with Crippen molar-refractivity contribution in [2.45, 2.75) is 25.9 Å². The number of carboxylic acids is 1. The molecule has 0 amide bonds. The highest BCUT2D eigenvalue weighted by molar-refractivity contribution is 5.69. The Hall–Kier alpha value is -1.55. The second-order valence-electron chi connectivity index (χ2n) is 4.68. The van der Waals surface area contributed by atoms with Crippen LogP contribution >= 0.6 is 0 Å². The van der Waals surface area contributed by atoms with E-state index in [1.165, 1.54) is 5.56 Å². The third kappa shape index (κ3) is 3.23. The van der Waals surface area contributed by atoms with Gasteiger partial charge in [-0.05, 0) is 24.6 Å². The van der Waals surface area contributed by atoms with Gasteiger partial charge in [-0.2, -0.15) is 0 Å². The summed E-state index contributed by atoms with van der Waals surface area (Å²) in [5.41, 5.74) is 1.22. The highest BCUT2D eigenvalue weighted by atomic mass is 16.5. The lowest BCUT2D eigenvalue weighted by molar-refractivity contribution is -0.138. The van der Waals surface area contributed by atoms with Crippen LogP contribution in [-0.2, 0) is 11.2 Å². The number of aliphatic carboxylic acids is 1. The van der Waals surface area contributed by atoms with Gasteiger partial charge in [0.05, 0.1) is 6.54 Å². The molecule has 0 saturated heterocycles. The number of benzene rings is 1. The van der Waals surface area contributed by atoms with E-state index in [2.05, 4.69) is 13.0 Å². The van der Waals surface area contributed by atoms with Gasteiger partial charge in [-0.3, -0.25) is 9.69 Å². The Labute approximate surface area is 107 Å². The van der Waals surface area contributed by atoms with E-state index in [0.717, 1.165) is 25.1 Å². The SMILES string of the molecule is CCCN(CC(=O)O)CC1Cc2ccccc2O1. The van der Waals surface area contributed by atoms with E-state index in [0.29, 0.717) is 6.54 Å². The molecule has 2 rings (SSSR count). The van der Waals surface area contributed by atoms with Crippen molar-refractivity contribution in [3.05, 3.63) is 29.8 Å². The quantitative estimate of drug-likeness (QED) is 0.835. The van der Waals surface area contributed by atoms with Crippen LogP contribution in [0.1, 0.15) is 18.9 Å². The van der Waals surface area contributed by atoms with Gasteiger partial charge in [0.2, 0.25) is 0 Å². The minimum atomic E-state index is -0.779. The molecular formula is C14H19NO3. The summed E-state index contributed by atoms with van der Waals surface area (Å²) in [5.74, 6) is 0.160. The molecule has 98 valence electrons. The number of nitrogens with zero attached hydrogens (tertiary/aromatic N) is 1. The zero-order valence-electron chi connectivity index (χ0n) is 10.6. The molecule has 0 radical (unpaired) electrons. The van der Waals surface area contributed by atoms with Crippen LogP contribution in [0.3, 0.4) is 0 Å². The Balaban J connectivity index is 1.92. The summed E-state index contributed by atoms with van der Waals surface area (Å²) in [6, 6.07) is 8.00. The molecule has 0 saturated carbocycles. The summed E-state index contributed by atoms with van der Waals surface area (Å²) in [6.45, 7) is 3.61. The first kappa shape index (κ1) is 12.9. The molecule has 1 unspecified atom stereocenters. The number of ether oxygens (including phenoxy) is 1. The van der Waals surface area contributed by atoms with E-state index in [1.807, 2.05) is 23.1 Å². The molecule has 4 nitrogen and oxygen atoms in total. The van der Waals surface area contributed by atoms with E-state index in [9.17, 15) is 4.79 Å². The molecule has 0 bridgehead atoms. The van der Waals surface area contributed by atoms with Crippen LogP contribution < -0.4 is 4.74 Å². The van der Waals surface area contributed by atoms with Crippen LogP contribution in [0, 0.1) is 0 Å². The number of carboxylic acid groups (broad SMARTS) is 1. The first-order valence-corrected chi connectivity index (χ1v) is 6.37. The second-order valence-corrected chi connectivity index (χ2v) is 4.68. The van der Waals surface area contributed by atoms with Gasteiger partial charge in [0.15, 0.2) is 0 Å². The predicted molar refractivity (Wildman–Crippen MR) is 68.9 cm³/mol. The molecule has 18 heavy (non-hydrogen) atoms. The molecule has 0 spiro atoms. The minimum Gasteiger partial charge on any atom is -0.488 e. The van der Waals surface area contributed by atoms with Crippen LogP contribution in [0.15, 0.2) is 24.3 Å². The highest BCUT2D eigenvalue weighted by Crippen LogP contribution is 2.28. The fourth-order valence-electron chi connectivity index (χ4n) is 2.39.